The normalized spacial score (nSPS) is 23.6. The van der Waals surface area contributed by atoms with E-state index in [0.29, 0.717) is 5.92 Å². The van der Waals surface area contributed by atoms with E-state index in [9.17, 15) is 0 Å². The third-order valence-corrected chi connectivity index (χ3v) is 4.00. The van der Waals surface area contributed by atoms with E-state index >= 15 is 0 Å². The highest BCUT2D eigenvalue weighted by atomic mass is 16.5. The van der Waals surface area contributed by atoms with E-state index in [1.807, 2.05) is 18.2 Å². The summed E-state index contributed by atoms with van der Waals surface area (Å²) in [5.74, 6) is 7.70. The van der Waals surface area contributed by atoms with Crippen molar-refractivity contribution in [1.29, 1.82) is 0 Å². The highest BCUT2D eigenvalue weighted by Crippen LogP contribution is 2.37. The molecule has 0 aliphatic carbocycles. The Balaban J connectivity index is 2.30. The number of ether oxygens (including phenoxy) is 3. The summed E-state index contributed by atoms with van der Waals surface area (Å²) in [5, 5.41) is 0. The summed E-state index contributed by atoms with van der Waals surface area (Å²) in [5.41, 5.74) is 4.00. The molecule has 1 aromatic rings. The SMILES string of the molecule is CCC1OCCC1C(NN)c1cc(OC)cc(OC)c1. The first-order chi connectivity index (χ1) is 9.73. The first kappa shape index (κ1) is 15.1. The average molecular weight is 280 g/mol. The maximum absolute atomic E-state index is 5.80. The Labute approximate surface area is 120 Å². The molecule has 3 atom stereocenters. The first-order valence-corrected chi connectivity index (χ1v) is 7.04. The van der Waals surface area contributed by atoms with Gasteiger partial charge in [-0.3, -0.25) is 11.3 Å². The van der Waals surface area contributed by atoms with Crippen LogP contribution < -0.4 is 20.7 Å². The number of nitrogens with two attached hydrogens (primary N) is 1. The number of hydrogen-bond donors (Lipinski definition) is 2. The van der Waals surface area contributed by atoms with E-state index in [0.717, 1.165) is 36.5 Å². The molecule has 0 aromatic heterocycles. The molecule has 0 saturated carbocycles. The Morgan fingerprint density at radius 2 is 1.95 bits per heavy atom. The number of nitrogens with one attached hydrogen (secondary N) is 1. The number of hydrazine groups is 1. The van der Waals surface area contributed by atoms with Gasteiger partial charge in [0.05, 0.1) is 26.4 Å². The van der Waals surface area contributed by atoms with Crippen molar-refractivity contribution in [3.8, 4) is 11.5 Å². The monoisotopic (exact) mass is 280 g/mol. The fourth-order valence-electron chi connectivity index (χ4n) is 2.94. The van der Waals surface area contributed by atoms with Gasteiger partial charge in [0.15, 0.2) is 0 Å². The molecule has 1 fully saturated rings. The number of methoxy groups -OCH3 is 2. The largest absolute Gasteiger partial charge is 0.497 e. The first-order valence-electron chi connectivity index (χ1n) is 7.04. The Morgan fingerprint density at radius 3 is 2.45 bits per heavy atom. The molecule has 5 heteroatoms. The quantitative estimate of drug-likeness (QED) is 0.616. The van der Waals surface area contributed by atoms with Crippen LogP contribution in [0.5, 0.6) is 11.5 Å². The van der Waals surface area contributed by atoms with Gasteiger partial charge in [0.1, 0.15) is 11.5 Å². The Morgan fingerprint density at radius 1 is 1.30 bits per heavy atom. The maximum atomic E-state index is 5.80. The van der Waals surface area contributed by atoms with Crippen LogP contribution in [0.15, 0.2) is 18.2 Å². The molecule has 1 aromatic carbocycles. The molecule has 5 nitrogen and oxygen atoms in total. The second-order valence-electron chi connectivity index (χ2n) is 5.06. The summed E-state index contributed by atoms with van der Waals surface area (Å²) >= 11 is 0. The topological polar surface area (TPSA) is 65.7 Å². The smallest absolute Gasteiger partial charge is 0.122 e. The summed E-state index contributed by atoms with van der Waals surface area (Å²) in [4.78, 5) is 0. The average Bonchev–Trinajstić information content (AvgIpc) is 2.96. The minimum Gasteiger partial charge on any atom is -0.497 e. The third kappa shape index (κ3) is 3.06. The minimum absolute atomic E-state index is 0.0337. The molecule has 0 amide bonds. The number of benzene rings is 1. The van der Waals surface area contributed by atoms with E-state index in [4.69, 9.17) is 20.1 Å². The van der Waals surface area contributed by atoms with Crippen molar-refractivity contribution in [1.82, 2.24) is 5.43 Å². The van der Waals surface area contributed by atoms with Crippen LogP contribution >= 0.6 is 0 Å². The van der Waals surface area contributed by atoms with Crippen molar-refractivity contribution < 1.29 is 14.2 Å². The lowest BCUT2D eigenvalue weighted by Gasteiger charge is -2.27. The van der Waals surface area contributed by atoms with Crippen LogP contribution in [0.4, 0.5) is 0 Å². The molecule has 1 saturated heterocycles. The summed E-state index contributed by atoms with van der Waals surface area (Å²) in [6, 6.07) is 5.89. The van der Waals surface area contributed by atoms with E-state index in [1.165, 1.54) is 0 Å². The maximum Gasteiger partial charge on any atom is 0.122 e. The molecular formula is C15H24N2O3. The Bertz CT molecular complexity index is 417. The van der Waals surface area contributed by atoms with E-state index in [-0.39, 0.29) is 12.1 Å². The summed E-state index contributed by atoms with van der Waals surface area (Å²) < 4.78 is 16.4. The van der Waals surface area contributed by atoms with Gasteiger partial charge in [-0.15, -0.1) is 0 Å². The van der Waals surface area contributed by atoms with E-state index in [2.05, 4.69) is 12.3 Å². The number of hydrogen-bond acceptors (Lipinski definition) is 5. The van der Waals surface area contributed by atoms with Crippen LogP contribution in [0.3, 0.4) is 0 Å². The summed E-state index contributed by atoms with van der Waals surface area (Å²) in [7, 11) is 3.30. The Hall–Kier alpha value is -1.30. The van der Waals surface area contributed by atoms with Crippen LogP contribution in [-0.4, -0.2) is 26.9 Å². The molecular weight excluding hydrogens is 256 g/mol. The van der Waals surface area contributed by atoms with Gasteiger partial charge in [-0.2, -0.15) is 0 Å². The lowest BCUT2D eigenvalue weighted by atomic mass is 9.87. The molecule has 0 spiro atoms. The van der Waals surface area contributed by atoms with Crippen molar-refractivity contribution >= 4 is 0 Å². The zero-order chi connectivity index (χ0) is 14.5. The van der Waals surface area contributed by atoms with Crippen molar-refractivity contribution in [2.45, 2.75) is 31.9 Å². The van der Waals surface area contributed by atoms with Gasteiger partial charge in [0, 0.05) is 18.6 Å². The van der Waals surface area contributed by atoms with Gasteiger partial charge in [0.2, 0.25) is 0 Å². The molecule has 0 radical (unpaired) electrons. The van der Waals surface area contributed by atoms with Crippen molar-refractivity contribution in [3.63, 3.8) is 0 Å². The zero-order valence-corrected chi connectivity index (χ0v) is 12.4. The highest BCUT2D eigenvalue weighted by molar-refractivity contribution is 5.40. The molecule has 20 heavy (non-hydrogen) atoms. The van der Waals surface area contributed by atoms with Gasteiger partial charge in [-0.1, -0.05) is 6.92 Å². The van der Waals surface area contributed by atoms with Gasteiger partial charge in [-0.05, 0) is 30.5 Å². The predicted molar refractivity (Wildman–Crippen MR) is 77.7 cm³/mol. The lowest BCUT2D eigenvalue weighted by Crippen LogP contribution is -2.36. The molecule has 0 bridgehead atoms. The van der Waals surface area contributed by atoms with Crippen LogP contribution in [0, 0.1) is 5.92 Å². The minimum atomic E-state index is 0.0337. The molecule has 112 valence electrons. The number of rotatable bonds is 6. The second-order valence-corrected chi connectivity index (χ2v) is 5.06. The third-order valence-electron chi connectivity index (χ3n) is 4.00. The molecule has 2 rings (SSSR count). The zero-order valence-electron chi connectivity index (χ0n) is 12.4. The molecule has 3 N–H and O–H groups in total. The van der Waals surface area contributed by atoms with Crippen LogP contribution in [0.25, 0.3) is 0 Å². The van der Waals surface area contributed by atoms with Crippen molar-refractivity contribution in [2.75, 3.05) is 20.8 Å². The molecule has 1 heterocycles. The van der Waals surface area contributed by atoms with Gasteiger partial charge in [0.25, 0.3) is 0 Å². The Kier molecular flexibility index (Phi) is 5.23. The van der Waals surface area contributed by atoms with Gasteiger partial charge < -0.3 is 14.2 Å². The summed E-state index contributed by atoms with van der Waals surface area (Å²) in [6.07, 6.45) is 2.24. The van der Waals surface area contributed by atoms with Crippen molar-refractivity contribution in [2.24, 2.45) is 11.8 Å². The lowest BCUT2D eigenvalue weighted by molar-refractivity contribution is 0.0773. The highest BCUT2D eigenvalue weighted by Gasteiger charge is 2.34. The second kappa shape index (κ2) is 6.92. The molecule has 1 aliphatic rings. The van der Waals surface area contributed by atoms with Crippen LogP contribution in [-0.2, 0) is 4.74 Å². The van der Waals surface area contributed by atoms with Gasteiger partial charge >= 0.3 is 0 Å². The fraction of sp³-hybridized carbons (Fsp3) is 0.600. The predicted octanol–water partition coefficient (Wildman–Crippen LogP) is 2.02. The van der Waals surface area contributed by atoms with Crippen molar-refractivity contribution in [3.05, 3.63) is 23.8 Å². The van der Waals surface area contributed by atoms with Gasteiger partial charge in [-0.25, -0.2) is 0 Å². The van der Waals surface area contributed by atoms with E-state index < -0.39 is 0 Å². The summed E-state index contributed by atoms with van der Waals surface area (Å²) in [6.45, 7) is 2.94. The molecule has 1 aliphatic heterocycles. The van der Waals surface area contributed by atoms with Crippen LogP contribution in [0.2, 0.25) is 0 Å². The van der Waals surface area contributed by atoms with E-state index in [1.54, 1.807) is 14.2 Å². The van der Waals surface area contributed by atoms with Crippen LogP contribution in [0.1, 0.15) is 31.4 Å². The standard InChI is InChI=1S/C15H24N2O3/c1-4-14-13(5-6-20-14)15(17-16)10-7-11(18-2)9-12(8-10)19-3/h7-9,13-15,17H,4-6,16H2,1-3H3. The fourth-order valence-corrected chi connectivity index (χ4v) is 2.94. The molecule has 3 unspecified atom stereocenters.